The standard InChI is InChI=1S/C22H31N3OS/c1-14-9-11-25(12-10-14)22-24-19-8-7-17(13-20(19)27-22)21(26)23-18-6-4-5-15(2)16(18)3/h7-8,13-16,18H,4-6,9-12H2,1-3H3,(H,23,26)/t15-,16+,18+/m0/s1. The van der Waals surface area contributed by atoms with Crippen molar-refractivity contribution in [3.05, 3.63) is 23.8 Å². The van der Waals surface area contributed by atoms with Gasteiger partial charge in [0.25, 0.3) is 5.91 Å². The van der Waals surface area contributed by atoms with Crippen molar-refractivity contribution in [3.8, 4) is 0 Å². The summed E-state index contributed by atoms with van der Waals surface area (Å²) in [6.07, 6.45) is 6.06. The minimum atomic E-state index is 0.0598. The highest BCUT2D eigenvalue weighted by molar-refractivity contribution is 7.22. The van der Waals surface area contributed by atoms with E-state index in [0.717, 1.165) is 46.3 Å². The minimum Gasteiger partial charge on any atom is -0.349 e. The van der Waals surface area contributed by atoms with Crippen LogP contribution in [0.4, 0.5) is 5.13 Å². The van der Waals surface area contributed by atoms with Gasteiger partial charge >= 0.3 is 0 Å². The Morgan fingerprint density at radius 3 is 2.70 bits per heavy atom. The van der Waals surface area contributed by atoms with Crippen molar-refractivity contribution in [3.63, 3.8) is 0 Å². The quantitative estimate of drug-likeness (QED) is 0.801. The SMILES string of the molecule is CC1CCN(c2nc3ccc(C(=O)N[C@@H]4CCC[C@H](C)[C@H]4C)cc3s2)CC1. The average molecular weight is 386 g/mol. The predicted octanol–water partition coefficient (Wildman–Crippen LogP) is 5.09. The molecule has 3 atom stereocenters. The first-order chi connectivity index (χ1) is 13.0. The summed E-state index contributed by atoms with van der Waals surface area (Å²) >= 11 is 1.72. The van der Waals surface area contributed by atoms with Gasteiger partial charge in [0.15, 0.2) is 5.13 Å². The molecular formula is C22H31N3OS. The maximum absolute atomic E-state index is 12.8. The van der Waals surface area contributed by atoms with Crippen LogP contribution in [0.1, 0.15) is 63.2 Å². The molecule has 1 aliphatic heterocycles. The number of piperidine rings is 1. The minimum absolute atomic E-state index is 0.0598. The van der Waals surface area contributed by atoms with Gasteiger partial charge in [-0.25, -0.2) is 4.98 Å². The van der Waals surface area contributed by atoms with Crippen LogP contribution in [0, 0.1) is 17.8 Å². The van der Waals surface area contributed by atoms with E-state index in [1.807, 2.05) is 18.2 Å². The van der Waals surface area contributed by atoms with E-state index in [4.69, 9.17) is 4.98 Å². The van der Waals surface area contributed by atoms with Crippen LogP contribution in [-0.4, -0.2) is 30.0 Å². The average Bonchev–Trinajstić information content (AvgIpc) is 3.09. The topological polar surface area (TPSA) is 45.2 Å². The summed E-state index contributed by atoms with van der Waals surface area (Å²) in [5, 5.41) is 4.39. The van der Waals surface area contributed by atoms with Gasteiger partial charge in [-0.05, 0) is 55.2 Å². The molecule has 4 nitrogen and oxygen atoms in total. The fraction of sp³-hybridized carbons (Fsp3) is 0.636. The first-order valence-corrected chi connectivity index (χ1v) is 11.3. The van der Waals surface area contributed by atoms with Crippen molar-refractivity contribution in [1.29, 1.82) is 0 Å². The summed E-state index contributed by atoms with van der Waals surface area (Å²) in [5.74, 6) is 2.10. The van der Waals surface area contributed by atoms with Crippen molar-refractivity contribution in [2.75, 3.05) is 18.0 Å². The molecule has 146 valence electrons. The Morgan fingerprint density at radius 2 is 1.93 bits per heavy atom. The van der Waals surface area contributed by atoms with Crippen molar-refractivity contribution < 1.29 is 4.79 Å². The molecule has 0 radical (unpaired) electrons. The second-order valence-corrected chi connectivity index (χ2v) is 9.70. The van der Waals surface area contributed by atoms with Gasteiger partial charge in [-0.2, -0.15) is 0 Å². The number of benzene rings is 1. The lowest BCUT2D eigenvalue weighted by Crippen LogP contribution is -2.43. The van der Waals surface area contributed by atoms with Crippen LogP contribution in [0.3, 0.4) is 0 Å². The first-order valence-electron chi connectivity index (χ1n) is 10.5. The largest absolute Gasteiger partial charge is 0.349 e. The van der Waals surface area contributed by atoms with Crippen LogP contribution in [0.15, 0.2) is 18.2 Å². The van der Waals surface area contributed by atoms with E-state index in [9.17, 15) is 4.79 Å². The normalized spacial score (nSPS) is 27.1. The lowest BCUT2D eigenvalue weighted by atomic mass is 9.78. The molecule has 2 aliphatic rings. The van der Waals surface area contributed by atoms with Crippen LogP contribution in [0.5, 0.6) is 0 Å². The van der Waals surface area contributed by atoms with Crippen molar-refractivity contribution in [2.45, 2.75) is 58.9 Å². The number of aromatic nitrogens is 1. The fourth-order valence-electron chi connectivity index (χ4n) is 4.43. The van der Waals surface area contributed by atoms with Crippen molar-refractivity contribution in [2.24, 2.45) is 17.8 Å². The smallest absolute Gasteiger partial charge is 0.251 e. The summed E-state index contributed by atoms with van der Waals surface area (Å²) in [5.41, 5.74) is 1.76. The van der Waals surface area contributed by atoms with Crippen LogP contribution in [0.25, 0.3) is 10.2 Å². The summed E-state index contributed by atoms with van der Waals surface area (Å²) in [7, 11) is 0. The van der Waals surface area contributed by atoms with Crippen LogP contribution < -0.4 is 10.2 Å². The summed E-state index contributed by atoms with van der Waals surface area (Å²) < 4.78 is 1.11. The second kappa shape index (κ2) is 7.78. The Morgan fingerprint density at radius 1 is 1.15 bits per heavy atom. The van der Waals surface area contributed by atoms with Crippen molar-refractivity contribution in [1.82, 2.24) is 10.3 Å². The molecule has 1 amide bonds. The van der Waals surface area contributed by atoms with Gasteiger partial charge in [0.05, 0.1) is 10.2 Å². The molecule has 2 aromatic rings. The van der Waals surface area contributed by atoms with Gasteiger partial charge in [-0.15, -0.1) is 0 Å². The zero-order valence-electron chi connectivity index (χ0n) is 16.7. The molecule has 4 rings (SSSR count). The molecule has 0 unspecified atom stereocenters. The number of carbonyl (C=O) groups is 1. The Balaban J connectivity index is 1.48. The highest BCUT2D eigenvalue weighted by Crippen LogP contribution is 2.33. The van der Waals surface area contributed by atoms with Gasteiger partial charge in [0, 0.05) is 24.7 Å². The number of thiazole rings is 1. The first kappa shape index (κ1) is 18.7. The molecule has 2 heterocycles. The summed E-state index contributed by atoms with van der Waals surface area (Å²) in [6, 6.07) is 6.25. The molecular weight excluding hydrogens is 354 g/mol. The third-order valence-corrected chi connectivity index (χ3v) is 7.80. The Hall–Kier alpha value is -1.62. The van der Waals surface area contributed by atoms with Crippen molar-refractivity contribution >= 4 is 32.6 Å². The Bertz CT molecular complexity index is 809. The number of hydrogen-bond acceptors (Lipinski definition) is 4. The van der Waals surface area contributed by atoms with Crippen LogP contribution >= 0.6 is 11.3 Å². The highest BCUT2D eigenvalue weighted by atomic mass is 32.1. The van der Waals surface area contributed by atoms with Gasteiger partial charge in [0.1, 0.15) is 0 Å². The Kier molecular flexibility index (Phi) is 5.40. The van der Waals surface area contributed by atoms with Crippen LogP contribution in [-0.2, 0) is 0 Å². The van der Waals surface area contributed by atoms with E-state index in [2.05, 4.69) is 31.0 Å². The fourth-order valence-corrected chi connectivity index (χ4v) is 5.48. The van der Waals surface area contributed by atoms with E-state index in [0.29, 0.717) is 17.9 Å². The molecule has 1 saturated carbocycles. The molecule has 0 spiro atoms. The van der Waals surface area contributed by atoms with E-state index in [-0.39, 0.29) is 5.91 Å². The zero-order chi connectivity index (χ0) is 19.0. The van der Waals surface area contributed by atoms with E-state index in [1.165, 1.54) is 25.7 Å². The van der Waals surface area contributed by atoms with E-state index >= 15 is 0 Å². The molecule has 27 heavy (non-hydrogen) atoms. The van der Waals surface area contributed by atoms with Gasteiger partial charge in [0.2, 0.25) is 0 Å². The van der Waals surface area contributed by atoms with Crippen LogP contribution in [0.2, 0.25) is 0 Å². The third-order valence-electron chi connectivity index (χ3n) is 6.72. The lowest BCUT2D eigenvalue weighted by Gasteiger charge is -2.34. The summed E-state index contributed by atoms with van der Waals surface area (Å²) in [4.78, 5) is 20.0. The molecule has 5 heteroatoms. The molecule has 2 fully saturated rings. The highest BCUT2D eigenvalue weighted by Gasteiger charge is 2.28. The molecule has 0 bridgehead atoms. The maximum Gasteiger partial charge on any atom is 0.251 e. The number of anilines is 1. The number of carbonyl (C=O) groups excluding carboxylic acids is 1. The van der Waals surface area contributed by atoms with Gasteiger partial charge in [-0.3, -0.25) is 4.79 Å². The van der Waals surface area contributed by atoms with Gasteiger partial charge in [-0.1, -0.05) is 44.9 Å². The molecule has 1 aromatic heterocycles. The lowest BCUT2D eigenvalue weighted by molar-refractivity contribution is 0.0891. The predicted molar refractivity (Wildman–Crippen MR) is 114 cm³/mol. The number of rotatable bonds is 3. The molecule has 1 aliphatic carbocycles. The number of nitrogens with zero attached hydrogens (tertiary/aromatic N) is 2. The maximum atomic E-state index is 12.8. The number of amides is 1. The molecule has 1 N–H and O–H groups in total. The number of hydrogen-bond donors (Lipinski definition) is 1. The van der Waals surface area contributed by atoms with E-state index in [1.54, 1.807) is 11.3 Å². The zero-order valence-corrected chi connectivity index (χ0v) is 17.5. The Labute approximate surface area is 166 Å². The van der Waals surface area contributed by atoms with Gasteiger partial charge < -0.3 is 10.2 Å². The molecule has 1 saturated heterocycles. The number of nitrogens with one attached hydrogen (secondary N) is 1. The monoisotopic (exact) mass is 385 g/mol. The van der Waals surface area contributed by atoms with E-state index < -0.39 is 0 Å². The third kappa shape index (κ3) is 3.98. The number of fused-ring (bicyclic) bond motifs is 1. The molecule has 1 aromatic carbocycles. The second-order valence-electron chi connectivity index (χ2n) is 8.70. The summed E-state index contributed by atoms with van der Waals surface area (Å²) in [6.45, 7) is 9.08.